The SMILES string of the molecule is CC(=O)N1c2ccc(C(=O)N(C)C)cc2C(Nc2cccc(C)n2)[C@@H](C)[C@@H]1C1CC1. The van der Waals surface area contributed by atoms with Gasteiger partial charge in [-0.15, -0.1) is 0 Å². The van der Waals surface area contributed by atoms with Crippen molar-refractivity contribution in [1.29, 1.82) is 0 Å². The standard InChI is InChI=1S/C24H30N4O2/c1-14-7-6-8-21(25-14)26-22-15(2)23(17-9-10-17)28(16(3)29)20-12-11-18(13-19(20)22)24(30)27(4)5/h6-8,11-13,15,17,22-23H,9-10H2,1-5H3,(H,25,26)/t15-,22?,23-/m1/s1. The summed E-state index contributed by atoms with van der Waals surface area (Å²) in [5, 5.41) is 3.62. The van der Waals surface area contributed by atoms with Crippen LogP contribution in [0.4, 0.5) is 11.5 Å². The number of rotatable bonds is 4. The first-order valence-electron chi connectivity index (χ1n) is 10.6. The number of aryl methyl sites for hydroxylation is 1. The molecule has 1 aromatic heterocycles. The molecule has 2 aromatic rings. The Balaban J connectivity index is 1.83. The lowest BCUT2D eigenvalue weighted by Crippen LogP contribution is -2.51. The van der Waals surface area contributed by atoms with Crippen LogP contribution in [0.2, 0.25) is 0 Å². The summed E-state index contributed by atoms with van der Waals surface area (Å²) in [6.07, 6.45) is 2.31. The van der Waals surface area contributed by atoms with E-state index in [9.17, 15) is 9.59 Å². The summed E-state index contributed by atoms with van der Waals surface area (Å²) in [7, 11) is 3.50. The zero-order chi connectivity index (χ0) is 21.6. The number of pyridine rings is 1. The molecule has 30 heavy (non-hydrogen) atoms. The van der Waals surface area contributed by atoms with E-state index in [1.54, 1.807) is 25.9 Å². The maximum atomic E-state index is 12.7. The summed E-state index contributed by atoms with van der Waals surface area (Å²) < 4.78 is 0. The van der Waals surface area contributed by atoms with Gasteiger partial charge in [0, 0.05) is 49.9 Å². The molecule has 1 aliphatic carbocycles. The summed E-state index contributed by atoms with van der Waals surface area (Å²) in [4.78, 5) is 33.5. The Bertz CT molecular complexity index is 983. The predicted molar refractivity (Wildman–Crippen MR) is 119 cm³/mol. The molecular weight excluding hydrogens is 376 g/mol. The van der Waals surface area contributed by atoms with Crippen molar-refractivity contribution in [1.82, 2.24) is 9.88 Å². The molecule has 2 amide bonds. The highest BCUT2D eigenvalue weighted by molar-refractivity contribution is 5.98. The third-order valence-corrected chi connectivity index (χ3v) is 6.27. The molecule has 1 saturated carbocycles. The number of hydrogen-bond acceptors (Lipinski definition) is 4. The summed E-state index contributed by atoms with van der Waals surface area (Å²) in [5.74, 6) is 1.53. The van der Waals surface area contributed by atoms with E-state index in [4.69, 9.17) is 0 Å². The molecule has 1 aromatic carbocycles. The van der Waals surface area contributed by atoms with E-state index in [0.29, 0.717) is 11.5 Å². The third-order valence-electron chi connectivity index (χ3n) is 6.27. The largest absolute Gasteiger partial charge is 0.363 e. The number of amides is 2. The monoisotopic (exact) mass is 406 g/mol. The molecule has 3 atom stereocenters. The number of benzene rings is 1. The maximum Gasteiger partial charge on any atom is 0.253 e. The average molecular weight is 407 g/mol. The number of carbonyl (C=O) groups excluding carboxylic acids is 2. The lowest BCUT2D eigenvalue weighted by molar-refractivity contribution is -0.117. The Labute approximate surface area is 178 Å². The molecule has 1 N–H and O–H groups in total. The van der Waals surface area contributed by atoms with Crippen LogP contribution in [0.15, 0.2) is 36.4 Å². The summed E-state index contributed by atoms with van der Waals surface area (Å²) >= 11 is 0. The fourth-order valence-corrected chi connectivity index (χ4v) is 4.74. The van der Waals surface area contributed by atoms with Gasteiger partial charge in [0.15, 0.2) is 0 Å². The number of aromatic nitrogens is 1. The van der Waals surface area contributed by atoms with E-state index < -0.39 is 0 Å². The van der Waals surface area contributed by atoms with Crippen LogP contribution in [0.5, 0.6) is 0 Å². The normalized spacial score (nSPS) is 23.0. The molecule has 2 aliphatic rings. The van der Waals surface area contributed by atoms with Crippen LogP contribution in [-0.4, -0.2) is 41.8 Å². The minimum atomic E-state index is -0.0448. The quantitative estimate of drug-likeness (QED) is 0.833. The molecule has 1 fully saturated rings. The third kappa shape index (κ3) is 3.66. The minimum absolute atomic E-state index is 0.0367. The fourth-order valence-electron chi connectivity index (χ4n) is 4.74. The van der Waals surface area contributed by atoms with E-state index in [1.807, 2.05) is 48.2 Å². The number of fused-ring (bicyclic) bond motifs is 1. The van der Waals surface area contributed by atoms with Crippen molar-refractivity contribution in [2.75, 3.05) is 24.3 Å². The van der Waals surface area contributed by atoms with E-state index in [0.717, 1.165) is 35.6 Å². The molecule has 0 saturated heterocycles. The van der Waals surface area contributed by atoms with Crippen molar-refractivity contribution in [2.24, 2.45) is 11.8 Å². The van der Waals surface area contributed by atoms with Crippen molar-refractivity contribution in [2.45, 2.75) is 45.7 Å². The van der Waals surface area contributed by atoms with E-state index in [-0.39, 0.29) is 29.8 Å². The van der Waals surface area contributed by atoms with Crippen LogP contribution in [0.1, 0.15) is 54.3 Å². The molecule has 2 heterocycles. The van der Waals surface area contributed by atoms with Gasteiger partial charge in [0.1, 0.15) is 5.82 Å². The summed E-state index contributed by atoms with van der Waals surface area (Å²) in [5.41, 5.74) is 3.45. The first-order chi connectivity index (χ1) is 14.3. The Hall–Kier alpha value is -2.89. The average Bonchev–Trinajstić information content (AvgIpc) is 3.53. The molecule has 6 heteroatoms. The van der Waals surface area contributed by atoms with Gasteiger partial charge in [-0.3, -0.25) is 9.59 Å². The van der Waals surface area contributed by atoms with Gasteiger partial charge in [-0.1, -0.05) is 13.0 Å². The van der Waals surface area contributed by atoms with Crippen molar-refractivity contribution in [3.8, 4) is 0 Å². The molecule has 1 aliphatic heterocycles. The maximum absolute atomic E-state index is 12.7. The number of nitrogens with one attached hydrogen (secondary N) is 1. The van der Waals surface area contributed by atoms with Crippen LogP contribution in [-0.2, 0) is 4.79 Å². The van der Waals surface area contributed by atoms with Gasteiger partial charge in [-0.2, -0.15) is 0 Å². The lowest BCUT2D eigenvalue weighted by Gasteiger charge is -2.46. The number of hydrogen-bond donors (Lipinski definition) is 1. The Morgan fingerprint density at radius 1 is 1.17 bits per heavy atom. The molecule has 1 unspecified atom stereocenters. The number of nitrogens with zero attached hydrogens (tertiary/aromatic N) is 3. The van der Waals surface area contributed by atoms with Crippen LogP contribution < -0.4 is 10.2 Å². The van der Waals surface area contributed by atoms with Crippen molar-refractivity contribution in [3.05, 3.63) is 53.2 Å². The second kappa shape index (κ2) is 7.74. The van der Waals surface area contributed by atoms with Crippen molar-refractivity contribution >= 4 is 23.3 Å². The predicted octanol–water partition coefficient (Wildman–Crippen LogP) is 4.03. The van der Waals surface area contributed by atoms with E-state index >= 15 is 0 Å². The zero-order valence-electron chi connectivity index (χ0n) is 18.3. The van der Waals surface area contributed by atoms with Crippen molar-refractivity contribution in [3.63, 3.8) is 0 Å². The second-order valence-corrected chi connectivity index (χ2v) is 8.84. The molecule has 6 nitrogen and oxygen atoms in total. The Morgan fingerprint density at radius 3 is 2.50 bits per heavy atom. The molecular formula is C24H30N4O2. The van der Waals surface area contributed by atoms with Crippen molar-refractivity contribution < 1.29 is 9.59 Å². The van der Waals surface area contributed by atoms with E-state index in [2.05, 4.69) is 17.2 Å². The molecule has 158 valence electrons. The van der Waals surface area contributed by atoms with Gasteiger partial charge >= 0.3 is 0 Å². The fraction of sp³-hybridized carbons (Fsp3) is 0.458. The lowest BCUT2D eigenvalue weighted by atomic mass is 9.79. The smallest absolute Gasteiger partial charge is 0.253 e. The molecule has 0 bridgehead atoms. The van der Waals surface area contributed by atoms with Gasteiger partial charge in [0.05, 0.1) is 6.04 Å². The van der Waals surface area contributed by atoms with Gasteiger partial charge in [0.25, 0.3) is 5.91 Å². The molecule has 0 radical (unpaired) electrons. The van der Waals surface area contributed by atoms with Gasteiger partial charge in [0.2, 0.25) is 5.91 Å². The first-order valence-corrected chi connectivity index (χ1v) is 10.6. The van der Waals surface area contributed by atoms with Crippen LogP contribution in [0.3, 0.4) is 0 Å². The highest BCUT2D eigenvalue weighted by Crippen LogP contribution is 2.50. The van der Waals surface area contributed by atoms with Crippen LogP contribution in [0, 0.1) is 18.8 Å². The minimum Gasteiger partial charge on any atom is -0.363 e. The highest BCUT2D eigenvalue weighted by Gasteiger charge is 2.47. The van der Waals surface area contributed by atoms with E-state index in [1.165, 1.54) is 0 Å². The first kappa shape index (κ1) is 20.4. The summed E-state index contributed by atoms with van der Waals surface area (Å²) in [6, 6.07) is 11.8. The second-order valence-electron chi connectivity index (χ2n) is 8.84. The van der Waals surface area contributed by atoms with Gasteiger partial charge < -0.3 is 15.1 Å². The van der Waals surface area contributed by atoms with Crippen LogP contribution in [0.25, 0.3) is 0 Å². The Morgan fingerprint density at radius 2 is 1.90 bits per heavy atom. The van der Waals surface area contributed by atoms with Gasteiger partial charge in [-0.25, -0.2) is 4.98 Å². The Kier molecular flexibility index (Phi) is 5.26. The number of anilines is 2. The van der Waals surface area contributed by atoms with Gasteiger partial charge in [-0.05, 0) is 61.6 Å². The molecule has 4 rings (SSSR count). The topological polar surface area (TPSA) is 65.5 Å². The summed E-state index contributed by atoms with van der Waals surface area (Å²) in [6.45, 7) is 5.82. The molecule has 0 spiro atoms. The van der Waals surface area contributed by atoms with Crippen LogP contribution >= 0.6 is 0 Å². The number of carbonyl (C=O) groups is 2. The zero-order valence-corrected chi connectivity index (χ0v) is 18.3. The highest BCUT2D eigenvalue weighted by atomic mass is 16.2.